The van der Waals surface area contributed by atoms with Crippen LogP contribution in [0.25, 0.3) is 0 Å². The third-order valence-corrected chi connectivity index (χ3v) is 3.87. The van der Waals surface area contributed by atoms with E-state index in [1.165, 1.54) is 0 Å². The molecular weight excluding hydrogens is 266 g/mol. The smallest absolute Gasteiger partial charge is 0.290 e. The van der Waals surface area contributed by atoms with E-state index in [1.54, 1.807) is 0 Å². The van der Waals surface area contributed by atoms with Gasteiger partial charge in [0.25, 0.3) is 5.95 Å². The van der Waals surface area contributed by atoms with Gasteiger partial charge < -0.3 is 19.2 Å². The molecule has 0 radical (unpaired) electrons. The van der Waals surface area contributed by atoms with Gasteiger partial charge in [0, 0.05) is 18.7 Å². The van der Waals surface area contributed by atoms with Crippen molar-refractivity contribution in [1.82, 2.24) is 5.32 Å². The third kappa shape index (κ3) is 3.86. The summed E-state index contributed by atoms with van der Waals surface area (Å²) >= 11 is 0. The number of hydrogen-bond acceptors (Lipinski definition) is 4. The van der Waals surface area contributed by atoms with Crippen molar-refractivity contribution in [1.29, 1.82) is 0 Å². The van der Waals surface area contributed by atoms with Gasteiger partial charge in [0.15, 0.2) is 0 Å². The first-order valence-corrected chi connectivity index (χ1v) is 7.44. The van der Waals surface area contributed by atoms with E-state index in [0.29, 0.717) is 24.5 Å². The van der Waals surface area contributed by atoms with Gasteiger partial charge in [-0.05, 0) is 37.5 Å². The summed E-state index contributed by atoms with van der Waals surface area (Å²) in [5, 5.41) is 3.49. The van der Waals surface area contributed by atoms with E-state index in [1.807, 2.05) is 42.5 Å². The van der Waals surface area contributed by atoms with Crippen molar-refractivity contribution in [2.45, 2.75) is 25.9 Å². The quantitative estimate of drug-likeness (QED) is 0.882. The molecule has 1 aliphatic rings. The fraction of sp³-hybridized carbons (Fsp3) is 0.412. The van der Waals surface area contributed by atoms with Crippen molar-refractivity contribution in [3.05, 3.63) is 48.2 Å². The molecule has 1 aromatic heterocycles. The van der Waals surface area contributed by atoms with Crippen LogP contribution in [0, 0.1) is 5.92 Å². The Kier molecular flexibility index (Phi) is 4.58. The second-order valence-electron chi connectivity index (χ2n) is 5.43. The molecule has 4 heteroatoms. The minimum absolute atomic E-state index is 0.427. The molecule has 0 bridgehead atoms. The third-order valence-electron chi connectivity index (χ3n) is 3.87. The molecule has 4 nitrogen and oxygen atoms in total. The summed E-state index contributed by atoms with van der Waals surface area (Å²) in [5.74, 6) is 2.78. The van der Waals surface area contributed by atoms with Gasteiger partial charge in [-0.2, -0.15) is 0 Å². The van der Waals surface area contributed by atoms with Crippen LogP contribution in [0.3, 0.4) is 0 Å². The van der Waals surface area contributed by atoms with Crippen molar-refractivity contribution in [2.24, 2.45) is 5.92 Å². The van der Waals surface area contributed by atoms with Crippen molar-refractivity contribution in [3.8, 4) is 11.7 Å². The molecule has 1 aliphatic heterocycles. The molecule has 0 unspecified atom stereocenters. The van der Waals surface area contributed by atoms with E-state index in [2.05, 4.69) is 12.2 Å². The Hall–Kier alpha value is -1.78. The summed E-state index contributed by atoms with van der Waals surface area (Å²) in [6.45, 7) is 4.64. The highest BCUT2D eigenvalue weighted by Crippen LogP contribution is 2.23. The Morgan fingerprint density at radius 2 is 2.10 bits per heavy atom. The molecule has 0 spiro atoms. The highest BCUT2D eigenvalue weighted by atomic mass is 16.6. The van der Waals surface area contributed by atoms with Crippen molar-refractivity contribution >= 4 is 0 Å². The molecule has 1 saturated heterocycles. The molecule has 0 saturated carbocycles. The van der Waals surface area contributed by atoms with E-state index in [-0.39, 0.29) is 0 Å². The Morgan fingerprint density at radius 1 is 1.24 bits per heavy atom. The largest absolute Gasteiger partial charge is 0.429 e. The standard InChI is InChI=1S/C17H21NO3/c1-13(14-9-10-19-12-14)18-11-16-7-8-17(21-16)20-15-5-3-2-4-6-15/h2-8,13-14,18H,9-12H2,1H3/t13-,14-/m0/s1. The highest BCUT2D eigenvalue weighted by Gasteiger charge is 2.21. The van der Waals surface area contributed by atoms with Crippen LogP contribution in [0.4, 0.5) is 0 Å². The van der Waals surface area contributed by atoms with Crippen LogP contribution >= 0.6 is 0 Å². The first-order valence-electron chi connectivity index (χ1n) is 7.44. The van der Waals surface area contributed by atoms with Gasteiger partial charge in [-0.25, -0.2) is 0 Å². The first-order chi connectivity index (χ1) is 10.3. The lowest BCUT2D eigenvalue weighted by molar-refractivity contribution is 0.177. The molecule has 21 heavy (non-hydrogen) atoms. The summed E-state index contributed by atoms with van der Waals surface area (Å²) in [6, 6.07) is 13.9. The topological polar surface area (TPSA) is 43.6 Å². The number of furan rings is 1. The van der Waals surface area contributed by atoms with Gasteiger partial charge in [-0.15, -0.1) is 0 Å². The summed E-state index contributed by atoms with van der Waals surface area (Å²) in [5.41, 5.74) is 0. The van der Waals surface area contributed by atoms with E-state index in [9.17, 15) is 0 Å². The zero-order valence-corrected chi connectivity index (χ0v) is 12.2. The van der Waals surface area contributed by atoms with E-state index in [4.69, 9.17) is 13.9 Å². The lowest BCUT2D eigenvalue weighted by atomic mass is 10.0. The minimum atomic E-state index is 0.427. The summed E-state index contributed by atoms with van der Waals surface area (Å²) < 4.78 is 16.8. The van der Waals surface area contributed by atoms with E-state index in [0.717, 1.165) is 31.1 Å². The van der Waals surface area contributed by atoms with Gasteiger partial charge in [-0.3, -0.25) is 0 Å². The zero-order valence-electron chi connectivity index (χ0n) is 12.2. The number of para-hydroxylation sites is 1. The highest BCUT2D eigenvalue weighted by molar-refractivity contribution is 5.26. The maximum atomic E-state index is 5.68. The fourth-order valence-electron chi connectivity index (χ4n) is 2.49. The van der Waals surface area contributed by atoms with Gasteiger partial charge in [0.1, 0.15) is 11.5 Å². The molecular formula is C17H21NO3. The molecule has 0 amide bonds. The van der Waals surface area contributed by atoms with Crippen molar-refractivity contribution < 1.29 is 13.9 Å². The minimum Gasteiger partial charge on any atom is -0.429 e. The number of benzene rings is 1. The van der Waals surface area contributed by atoms with Crippen LogP contribution in [-0.4, -0.2) is 19.3 Å². The molecule has 2 atom stereocenters. The van der Waals surface area contributed by atoms with Crippen LogP contribution < -0.4 is 10.1 Å². The van der Waals surface area contributed by atoms with Crippen molar-refractivity contribution in [3.63, 3.8) is 0 Å². The summed E-state index contributed by atoms with van der Waals surface area (Å²) in [6.07, 6.45) is 1.13. The molecule has 112 valence electrons. The molecule has 1 N–H and O–H groups in total. The van der Waals surface area contributed by atoms with Crippen molar-refractivity contribution in [2.75, 3.05) is 13.2 Å². The van der Waals surface area contributed by atoms with Crippen LogP contribution in [-0.2, 0) is 11.3 Å². The second-order valence-corrected chi connectivity index (χ2v) is 5.43. The predicted octanol–water partition coefficient (Wildman–Crippen LogP) is 3.59. The number of rotatable bonds is 6. The summed E-state index contributed by atoms with van der Waals surface area (Å²) in [7, 11) is 0. The van der Waals surface area contributed by atoms with Crippen LogP contribution in [0.1, 0.15) is 19.1 Å². The average molecular weight is 287 g/mol. The number of nitrogens with one attached hydrogen (secondary N) is 1. The molecule has 2 aromatic rings. The number of hydrogen-bond donors (Lipinski definition) is 1. The Balaban J connectivity index is 1.50. The average Bonchev–Trinajstić information content (AvgIpc) is 3.17. The van der Waals surface area contributed by atoms with Crippen LogP contribution in [0.15, 0.2) is 46.9 Å². The predicted molar refractivity (Wildman–Crippen MR) is 80.5 cm³/mol. The van der Waals surface area contributed by atoms with E-state index < -0.39 is 0 Å². The Bertz CT molecular complexity index is 546. The van der Waals surface area contributed by atoms with Crippen LogP contribution in [0.5, 0.6) is 11.7 Å². The molecule has 0 aliphatic carbocycles. The number of ether oxygens (including phenoxy) is 2. The monoisotopic (exact) mass is 287 g/mol. The first kappa shape index (κ1) is 14.2. The maximum absolute atomic E-state index is 5.68. The lowest BCUT2D eigenvalue weighted by Gasteiger charge is -2.18. The van der Waals surface area contributed by atoms with Crippen LogP contribution in [0.2, 0.25) is 0 Å². The van der Waals surface area contributed by atoms with Gasteiger partial charge >= 0.3 is 0 Å². The zero-order chi connectivity index (χ0) is 14.5. The molecule has 2 heterocycles. The summed E-state index contributed by atoms with van der Waals surface area (Å²) in [4.78, 5) is 0. The SMILES string of the molecule is C[C@H](NCc1ccc(Oc2ccccc2)o1)[C@H]1CCOC1. The lowest BCUT2D eigenvalue weighted by Crippen LogP contribution is -2.33. The van der Waals surface area contributed by atoms with Gasteiger partial charge in [0.05, 0.1) is 13.2 Å². The fourth-order valence-corrected chi connectivity index (χ4v) is 2.49. The maximum Gasteiger partial charge on any atom is 0.290 e. The van der Waals surface area contributed by atoms with Gasteiger partial charge in [0.2, 0.25) is 0 Å². The normalized spacial score (nSPS) is 19.6. The molecule has 1 aromatic carbocycles. The Morgan fingerprint density at radius 3 is 2.86 bits per heavy atom. The molecule has 3 rings (SSSR count). The molecule has 1 fully saturated rings. The van der Waals surface area contributed by atoms with Gasteiger partial charge in [-0.1, -0.05) is 18.2 Å². The van der Waals surface area contributed by atoms with E-state index >= 15 is 0 Å². The second kappa shape index (κ2) is 6.78. The Labute approximate surface area is 125 Å².